The lowest BCUT2D eigenvalue weighted by Crippen LogP contribution is -2.07. The Hall–Kier alpha value is -6.95. The van der Waals surface area contributed by atoms with Crippen LogP contribution in [0.2, 0.25) is 0 Å². The van der Waals surface area contributed by atoms with Crippen LogP contribution in [0.15, 0.2) is 95.2 Å². The van der Waals surface area contributed by atoms with Gasteiger partial charge in [0.05, 0.1) is 16.3 Å². The van der Waals surface area contributed by atoms with E-state index in [0.29, 0.717) is 17.0 Å². The lowest BCUT2D eigenvalue weighted by atomic mass is 9.92. The van der Waals surface area contributed by atoms with Crippen LogP contribution in [0.5, 0.6) is 0 Å². The molecule has 0 amide bonds. The Morgan fingerprint density at radius 2 is 0.967 bits per heavy atom. The van der Waals surface area contributed by atoms with Crippen molar-refractivity contribution < 1.29 is 29.0 Å². The molecule has 0 saturated heterocycles. The summed E-state index contributed by atoms with van der Waals surface area (Å²) in [6.45, 7) is 13.6. The number of benzene rings is 5. The Labute approximate surface area is 347 Å². The van der Waals surface area contributed by atoms with Crippen molar-refractivity contribution in [1.82, 2.24) is 9.13 Å². The largest absolute Gasteiger partial charge is 0.340 e. The maximum Gasteiger partial charge on any atom is 0.331 e. The van der Waals surface area contributed by atoms with Crippen LogP contribution in [0, 0.1) is 30.9 Å². The Kier molecular flexibility index (Phi) is 11.8. The molecule has 0 aliphatic carbocycles. The first kappa shape index (κ1) is 41.2. The minimum atomic E-state index is -0.516. The number of hydrogen-bond donors (Lipinski definition) is 0. The molecule has 60 heavy (non-hydrogen) atoms. The van der Waals surface area contributed by atoms with Crippen LogP contribution in [-0.4, -0.2) is 43.2 Å². The van der Waals surface area contributed by atoms with Crippen LogP contribution in [0.3, 0.4) is 0 Å². The van der Waals surface area contributed by atoms with Gasteiger partial charge in [-0.2, -0.15) is 0 Å². The van der Waals surface area contributed by atoms with Crippen molar-refractivity contribution in [2.75, 3.05) is 0 Å². The van der Waals surface area contributed by atoms with Gasteiger partial charge < -0.3 is 18.8 Å². The lowest BCUT2D eigenvalue weighted by Gasteiger charge is -2.11. The second-order valence-electron chi connectivity index (χ2n) is 15.5. The minimum Gasteiger partial charge on any atom is -0.340 e. The zero-order chi connectivity index (χ0) is 42.8. The number of carbonyl (C=O) groups is 3. The molecule has 0 radical (unpaired) electrons. The number of unbranched alkanes of at least 4 members (excludes halogenated alkanes) is 3. The van der Waals surface area contributed by atoms with E-state index in [9.17, 15) is 24.5 Å². The molecule has 0 unspecified atom stereocenters. The number of aryl methyl sites for hydroxylation is 5. The number of oxime groups is 2. The quantitative estimate of drug-likeness (QED) is 0.0265. The van der Waals surface area contributed by atoms with Crippen molar-refractivity contribution in [1.29, 1.82) is 0 Å². The van der Waals surface area contributed by atoms with E-state index in [-0.39, 0.29) is 16.4 Å². The summed E-state index contributed by atoms with van der Waals surface area (Å²) in [7, 11) is 0. The molecule has 0 atom stereocenters. The number of fused-ring (bicyclic) bond motifs is 6. The standard InChI is InChI=1S/C48H47N5O7/c1-28-22-29(2)47(30(3)23-28)48(56)37-14-18-45-41(26-37)39-24-35(31(4)49-59-33(6)54)12-16-43(39)51(45)20-10-8-9-11-21-52-44-17-13-36(32(5)50-60-34(7)55)25-40(44)42-27-38(53(57)58)15-19-46(42)52/h12-19,22-27H,8-11,20-21H2,1-7H3/b49-31-,50-32+. The molecule has 0 aliphatic rings. The molecule has 2 aromatic heterocycles. The van der Waals surface area contributed by atoms with Gasteiger partial charge in [-0.25, -0.2) is 9.59 Å². The molecule has 0 fully saturated rings. The second-order valence-corrected chi connectivity index (χ2v) is 15.5. The van der Waals surface area contributed by atoms with Crippen molar-refractivity contribution in [3.05, 3.63) is 134 Å². The van der Waals surface area contributed by atoms with Crippen molar-refractivity contribution in [3.8, 4) is 0 Å². The molecule has 306 valence electrons. The number of nitro groups is 1. The summed E-state index contributed by atoms with van der Waals surface area (Å²) in [6, 6.07) is 26.9. The zero-order valence-corrected chi connectivity index (χ0v) is 34.9. The van der Waals surface area contributed by atoms with Gasteiger partial charge in [0.25, 0.3) is 5.69 Å². The third-order valence-corrected chi connectivity index (χ3v) is 11.1. The highest BCUT2D eigenvalue weighted by Crippen LogP contribution is 2.35. The third-order valence-electron chi connectivity index (χ3n) is 11.1. The second kappa shape index (κ2) is 17.1. The Balaban J connectivity index is 1.14. The number of carbonyl (C=O) groups excluding carboxylic acids is 3. The van der Waals surface area contributed by atoms with E-state index < -0.39 is 11.9 Å². The van der Waals surface area contributed by atoms with Gasteiger partial charge in [-0.15, -0.1) is 0 Å². The van der Waals surface area contributed by atoms with E-state index in [1.54, 1.807) is 19.9 Å². The van der Waals surface area contributed by atoms with E-state index in [1.165, 1.54) is 19.9 Å². The van der Waals surface area contributed by atoms with Crippen LogP contribution in [-0.2, 0) is 32.4 Å². The smallest absolute Gasteiger partial charge is 0.331 e. The van der Waals surface area contributed by atoms with Gasteiger partial charge in [0.1, 0.15) is 0 Å². The molecule has 7 aromatic rings. The molecule has 0 saturated carbocycles. The molecule has 0 aliphatic heterocycles. The molecular formula is C48H47N5O7. The van der Waals surface area contributed by atoms with Gasteiger partial charge in [-0.3, -0.25) is 14.9 Å². The van der Waals surface area contributed by atoms with Crippen molar-refractivity contribution in [3.63, 3.8) is 0 Å². The average Bonchev–Trinajstić information content (AvgIpc) is 3.69. The number of ketones is 1. The monoisotopic (exact) mass is 805 g/mol. The highest BCUT2D eigenvalue weighted by molar-refractivity contribution is 6.17. The number of non-ortho nitro benzene ring substituents is 1. The van der Waals surface area contributed by atoms with Crippen molar-refractivity contribution in [2.24, 2.45) is 10.3 Å². The molecule has 5 aromatic carbocycles. The van der Waals surface area contributed by atoms with Crippen LogP contribution in [0.1, 0.15) is 97.1 Å². The van der Waals surface area contributed by atoms with E-state index >= 15 is 0 Å². The SMILES string of the molecule is CC(=O)O/N=C(/C)c1ccc2c(c1)c1cc(C(=O)c3c(C)cc(C)cc3C)ccc1n2CCCCCCn1c2ccc(/C(C)=N/OC(C)=O)cc2c2cc([N+](=O)[O-])ccc21. The summed E-state index contributed by atoms with van der Waals surface area (Å²) in [5, 5.41) is 23.3. The third kappa shape index (κ3) is 8.31. The fraction of sp³-hybridized carbons (Fsp3) is 0.271. The summed E-state index contributed by atoms with van der Waals surface area (Å²) < 4.78 is 4.53. The number of nitro benzene ring substituents is 1. The zero-order valence-electron chi connectivity index (χ0n) is 34.9. The minimum absolute atomic E-state index is 0.0123. The summed E-state index contributed by atoms with van der Waals surface area (Å²) in [5.74, 6) is -1.02. The van der Waals surface area contributed by atoms with Crippen molar-refractivity contribution in [2.45, 2.75) is 87.2 Å². The van der Waals surface area contributed by atoms with Gasteiger partial charge in [0.15, 0.2) is 5.78 Å². The highest BCUT2D eigenvalue weighted by Gasteiger charge is 2.20. The fourth-order valence-electron chi connectivity index (χ4n) is 8.33. The molecular weight excluding hydrogens is 759 g/mol. The number of nitrogens with zero attached hydrogens (tertiary/aromatic N) is 5. The van der Waals surface area contributed by atoms with Crippen LogP contribution in [0.4, 0.5) is 5.69 Å². The summed E-state index contributed by atoms with van der Waals surface area (Å²) >= 11 is 0. The maximum absolute atomic E-state index is 14.0. The lowest BCUT2D eigenvalue weighted by molar-refractivity contribution is -0.384. The Morgan fingerprint density at radius 3 is 1.40 bits per heavy atom. The van der Waals surface area contributed by atoms with Crippen LogP contribution < -0.4 is 0 Å². The van der Waals surface area contributed by atoms with Gasteiger partial charge >= 0.3 is 11.9 Å². The highest BCUT2D eigenvalue weighted by atomic mass is 16.7. The maximum atomic E-state index is 14.0. The van der Waals surface area contributed by atoms with Gasteiger partial charge in [-0.1, -0.05) is 53.0 Å². The fourth-order valence-corrected chi connectivity index (χ4v) is 8.33. The van der Waals surface area contributed by atoms with E-state index in [2.05, 4.69) is 25.5 Å². The summed E-state index contributed by atoms with van der Waals surface area (Å²) in [5.41, 5.74) is 11.0. The predicted octanol–water partition coefficient (Wildman–Crippen LogP) is 10.8. The number of rotatable bonds is 14. The molecule has 0 bridgehead atoms. The number of hydrogen-bond acceptors (Lipinski definition) is 9. The molecule has 2 heterocycles. The van der Waals surface area contributed by atoms with E-state index in [0.717, 1.165) is 116 Å². The molecule has 0 spiro atoms. The van der Waals surface area contributed by atoms with E-state index in [1.807, 2.05) is 87.5 Å². The molecule has 0 N–H and O–H groups in total. The summed E-state index contributed by atoms with van der Waals surface area (Å²) in [4.78, 5) is 58.0. The van der Waals surface area contributed by atoms with Crippen LogP contribution >= 0.6 is 0 Å². The van der Waals surface area contributed by atoms with E-state index in [4.69, 9.17) is 9.68 Å². The molecule has 12 nitrogen and oxygen atoms in total. The Bertz CT molecular complexity index is 2930. The first-order chi connectivity index (χ1) is 28.7. The molecule has 7 rings (SSSR count). The average molecular weight is 806 g/mol. The first-order valence-electron chi connectivity index (χ1n) is 20.1. The van der Waals surface area contributed by atoms with Gasteiger partial charge in [0, 0.05) is 93.8 Å². The summed E-state index contributed by atoms with van der Waals surface area (Å²) in [6.07, 6.45) is 3.74. The van der Waals surface area contributed by atoms with Gasteiger partial charge in [0.2, 0.25) is 0 Å². The van der Waals surface area contributed by atoms with Gasteiger partial charge in [-0.05, 0) is 118 Å². The number of aromatic nitrogens is 2. The first-order valence-corrected chi connectivity index (χ1v) is 20.1. The Morgan fingerprint density at radius 1 is 0.567 bits per heavy atom. The van der Waals surface area contributed by atoms with Crippen LogP contribution in [0.25, 0.3) is 43.6 Å². The normalized spacial score (nSPS) is 12.2. The predicted molar refractivity (Wildman–Crippen MR) is 236 cm³/mol. The topological polar surface area (TPSA) is 147 Å². The molecule has 12 heteroatoms. The van der Waals surface area contributed by atoms with Crippen molar-refractivity contribution >= 4 is 78.4 Å².